The van der Waals surface area contributed by atoms with Crippen molar-refractivity contribution in [3.63, 3.8) is 0 Å². The van der Waals surface area contributed by atoms with Crippen molar-refractivity contribution in [2.24, 2.45) is 0 Å². The molecular weight excluding hydrogens is 379 g/mol. The van der Waals surface area contributed by atoms with Gasteiger partial charge < -0.3 is 10.1 Å². The van der Waals surface area contributed by atoms with Crippen LogP contribution in [0.1, 0.15) is 10.4 Å². The van der Waals surface area contributed by atoms with E-state index in [-0.39, 0.29) is 10.7 Å². The maximum absolute atomic E-state index is 12.6. The van der Waals surface area contributed by atoms with Gasteiger partial charge in [-0.2, -0.15) is 0 Å². The van der Waals surface area contributed by atoms with E-state index in [2.05, 4.69) is 10.1 Å². The van der Waals surface area contributed by atoms with Crippen LogP contribution in [0.5, 0.6) is 0 Å². The summed E-state index contributed by atoms with van der Waals surface area (Å²) < 4.78 is 4.62. The van der Waals surface area contributed by atoms with Crippen LogP contribution in [0.2, 0.25) is 5.02 Å². The Kier molecular flexibility index (Phi) is 4.97. The Hall–Kier alpha value is -2.83. The third-order valence-electron chi connectivity index (χ3n) is 3.69. The predicted molar refractivity (Wildman–Crippen MR) is 98.2 cm³/mol. The lowest BCUT2D eigenvalue weighted by atomic mass is 10.2. The third-order valence-corrected chi connectivity index (χ3v) is 4.29. The molecule has 0 bridgehead atoms. The highest BCUT2D eigenvalue weighted by molar-refractivity contribution is 6.53. The normalized spacial score (nSPS) is 14.0. The van der Waals surface area contributed by atoms with Crippen molar-refractivity contribution in [1.29, 1.82) is 0 Å². The second-order valence-electron chi connectivity index (χ2n) is 5.31. The maximum atomic E-state index is 12.6. The number of hydrogen-bond acceptors (Lipinski definition) is 5. The number of nitrogens with one attached hydrogen (secondary N) is 1. The zero-order chi connectivity index (χ0) is 18.8. The largest absolute Gasteiger partial charge is 0.465 e. The lowest BCUT2D eigenvalue weighted by Gasteiger charge is -2.15. The average Bonchev–Trinajstić information content (AvgIpc) is 2.86. The Balaban J connectivity index is 1.84. The molecule has 0 saturated heterocycles. The summed E-state index contributed by atoms with van der Waals surface area (Å²) in [6.07, 6.45) is 0. The van der Waals surface area contributed by atoms with Gasteiger partial charge in [-0.3, -0.25) is 9.59 Å². The Labute approximate surface area is 158 Å². The van der Waals surface area contributed by atoms with Gasteiger partial charge in [0.15, 0.2) is 0 Å². The van der Waals surface area contributed by atoms with Crippen molar-refractivity contribution in [3.8, 4) is 0 Å². The Morgan fingerprint density at radius 3 is 2.15 bits per heavy atom. The standard InChI is InChI=1S/C18H12Cl2N2O4/c1-26-18(25)10-2-6-12(7-3-10)21-15-14(20)16(23)22(17(15)24)13-8-4-11(19)5-9-13/h2-9,21H,1H3. The van der Waals surface area contributed by atoms with E-state index in [1.807, 2.05) is 0 Å². The summed E-state index contributed by atoms with van der Waals surface area (Å²) in [4.78, 5) is 37.4. The SMILES string of the molecule is COC(=O)c1ccc(NC2=C(Cl)C(=O)N(c3ccc(Cl)cc3)C2=O)cc1. The molecule has 1 heterocycles. The predicted octanol–water partition coefficient (Wildman–Crippen LogP) is 3.56. The first-order valence-electron chi connectivity index (χ1n) is 7.42. The van der Waals surface area contributed by atoms with Crippen LogP contribution in [0.3, 0.4) is 0 Å². The number of amides is 2. The molecule has 2 aromatic rings. The van der Waals surface area contributed by atoms with Gasteiger partial charge in [0.2, 0.25) is 0 Å². The molecule has 0 saturated carbocycles. The highest BCUT2D eigenvalue weighted by Gasteiger charge is 2.38. The van der Waals surface area contributed by atoms with Crippen LogP contribution >= 0.6 is 23.2 Å². The minimum absolute atomic E-state index is 0.0440. The smallest absolute Gasteiger partial charge is 0.337 e. The van der Waals surface area contributed by atoms with Crippen LogP contribution in [-0.4, -0.2) is 24.9 Å². The Bertz CT molecular complexity index is 921. The molecule has 1 aliphatic heterocycles. The van der Waals surface area contributed by atoms with Crippen LogP contribution in [0.15, 0.2) is 59.3 Å². The van der Waals surface area contributed by atoms with Crippen LogP contribution in [0, 0.1) is 0 Å². The van der Waals surface area contributed by atoms with Gasteiger partial charge in [0.1, 0.15) is 10.7 Å². The van der Waals surface area contributed by atoms with Gasteiger partial charge in [0.25, 0.3) is 11.8 Å². The number of methoxy groups -OCH3 is 1. The van der Waals surface area contributed by atoms with Crippen molar-refractivity contribution in [3.05, 3.63) is 69.8 Å². The second-order valence-corrected chi connectivity index (χ2v) is 6.12. The number of esters is 1. The second kappa shape index (κ2) is 7.19. The molecule has 3 rings (SSSR count). The fourth-order valence-electron chi connectivity index (χ4n) is 2.39. The van der Waals surface area contributed by atoms with E-state index < -0.39 is 17.8 Å². The summed E-state index contributed by atoms with van der Waals surface area (Å²) in [6, 6.07) is 12.5. The van der Waals surface area contributed by atoms with E-state index in [0.717, 1.165) is 4.90 Å². The van der Waals surface area contributed by atoms with Crippen molar-refractivity contribution in [2.45, 2.75) is 0 Å². The molecule has 2 aromatic carbocycles. The van der Waals surface area contributed by atoms with Crippen molar-refractivity contribution in [2.75, 3.05) is 17.3 Å². The van der Waals surface area contributed by atoms with E-state index in [1.165, 1.54) is 19.2 Å². The van der Waals surface area contributed by atoms with E-state index in [0.29, 0.717) is 22.0 Å². The number of halogens is 2. The Morgan fingerprint density at radius 2 is 1.58 bits per heavy atom. The van der Waals surface area contributed by atoms with Crippen molar-refractivity contribution in [1.82, 2.24) is 0 Å². The lowest BCUT2D eigenvalue weighted by molar-refractivity contribution is -0.120. The first kappa shape index (κ1) is 18.0. The van der Waals surface area contributed by atoms with Gasteiger partial charge in [0.05, 0.1) is 18.4 Å². The molecule has 0 spiro atoms. The first-order chi connectivity index (χ1) is 12.4. The number of ether oxygens (including phenoxy) is 1. The van der Waals surface area contributed by atoms with Crippen LogP contribution < -0.4 is 10.2 Å². The van der Waals surface area contributed by atoms with Crippen molar-refractivity contribution >= 4 is 52.4 Å². The molecule has 0 fully saturated rings. The third kappa shape index (κ3) is 3.29. The fourth-order valence-corrected chi connectivity index (χ4v) is 2.73. The van der Waals surface area contributed by atoms with Gasteiger partial charge in [-0.15, -0.1) is 0 Å². The van der Waals surface area contributed by atoms with Crippen LogP contribution in [0.25, 0.3) is 0 Å². The van der Waals surface area contributed by atoms with Gasteiger partial charge in [-0.25, -0.2) is 9.69 Å². The molecule has 6 nitrogen and oxygen atoms in total. The molecule has 2 amide bonds. The fraction of sp³-hybridized carbons (Fsp3) is 0.0556. The molecule has 0 aliphatic carbocycles. The number of imide groups is 1. The Morgan fingerprint density at radius 1 is 0.962 bits per heavy atom. The molecule has 1 aliphatic rings. The first-order valence-corrected chi connectivity index (χ1v) is 8.17. The molecular formula is C18H12Cl2N2O4. The number of nitrogens with zero attached hydrogens (tertiary/aromatic N) is 1. The molecule has 0 radical (unpaired) electrons. The van der Waals surface area contributed by atoms with Gasteiger partial charge in [-0.1, -0.05) is 23.2 Å². The molecule has 8 heteroatoms. The summed E-state index contributed by atoms with van der Waals surface area (Å²) >= 11 is 11.9. The number of anilines is 2. The van der Waals surface area contributed by atoms with Gasteiger partial charge in [0, 0.05) is 10.7 Å². The highest BCUT2D eigenvalue weighted by atomic mass is 35.5. The minimum Gasteiger partial charge on any atom is -0.465 e. The molecule has 0 unspecified atom stereocenters. The summed E-state index contributed by atoms with van der Waals surface area (Å²) in [6.45, 7) is 0. The molecule has 0 aromatic heterocycles. The van der Waals surface area contributed by atoms with Crippen molar-refractivity contribution < 1.29 is 19.1 Å². The summed E-state index contributed by atoms with van der Waals surface area (Å²) in [5, 5.41) is 3.09. The number of carbonyl (C=O) groups excluding carboxylic acids is 3. The van der Waals surface area contributed by atoms with E-state index >= 15 is 0 Å². The zero-order valence-electron chi connectivity index (χ0n) is 13.5. The van der Waals surface area contributed by atoms with E-state index in [9.17, 15) is 14.4 Å². The quantitative estimate of drug-likeness (QED) is 0.637. The number of benzene rings is 2. The van der Waals surface area contributed by atoms with E-state index in [4.69, 9.17) is 23.2 Å². The molecule has 132 valence electrons. The topological polar surface area (TPSA) is 75.7 Å². The molecule has 26 heavy (non-hydrogen) atoms. The van der Waals surface area contributed by atoms with Gasteiger partial charge >= 0.3 is 5.97 Å². The van der Waals surface area contributed by atoms with Gasteiger partial charge in [-0.05, 0) is 48.5 Å². The van der Waals surface area contributed by atoms with Crippen LogP contribution in [-0.2, 0) is 14.3 Å². The summed E-state index contributed by atoms with van der Waals surface area (Å²) in [7, 11) is 1.28. The molecule has 1 N–H and O–H groups in total. The number of rotatable bonds is 4. The summed E-state index contributed by atoms with van der Waals surface area (Å²) in [5.41, 5.74) is 1.16. The monoisotopic (exact) mass is 390 g/mol. The minimum atomic E-state index is -0.632. The number of carbonyl (C=O) groups is 3. The highest BCUT2D eigenvalue weighted by Crippen LogP contribution is 2.30. The van der Waals surface area contributed by atoms with Crippen LogP contribution in [0.4, 0.5) is 11.4 Å². The van der Waals surface area contributed by atoms with E-state index in [1.54, 1.807) is 36.4 Å². The summed E-state index contributed by atoms with van der Waals surface area (Å²) in [5.74, 6) is -1.69. The molecule has 0 atom stereocenters. The lowest BCUT2D eigenvalue weighted by Crippen LogP contribution is -2.32. The number of hydrogen-bond donors (Lipinski definition) is 1. The zero-order valence-corrected chi connectivity index (χ0v) is 15.0. The maximum Gasteiger partial charge on any atom is 0.337 e. The average molecular weight is 391 g/mol.